The van der Waals surface area contributed by atoms with Crippen molar-refractivity contribution in [1.82, 2.24) is 0 Å². The molecule has 1 heterocycles. The molecule has 1 aliphatic heterocycles. The number of carbonyl (C=O) groups excluding carboxylic acids is 1. The highest BCUT2D eigenvalue weighted by Gasteiger charge is 2.28. The number of ether oxygens (including phenoxy) is 2. The smallest absolute Gasteiger partial charge is 0.127 e. The zero-order valence-electron chi connectivity index (χ0n) is 11.3. The minimum absolute atomic E-state index is 0.0917. The number of hydrogen-bond donors (Lipinski definition) is 0. The zero-order valence-corrected chi connectivity index (χ0v) is 11.3. The lowest BCUT2D eigenvalue weighted by Gasteiger charge is -2.30. The lowest BCUT2D eigenvalue weighted by molar-refractivity contribution is -0.110. The maximum Gasteiger partial charge on any atom is 0.127 e. The van der Waals surface area contributed by atoms with Gasteiger partial charge < -0.3 is 14.3 Å². The molecule has 3 rings (SSSR count). The van der Waals surface area contributed by atoms with Crippen LogP contribution in [0.4, 0.5) is 0 Å². The molecule has 0 amide bonds. The van der Waals surface area contributed by atoms with Crippen LogP contribution in [0.1, 0.15) is 29.6 Å². The van der Waals surface area contributed by atoms with Crippen LogP contribution in [0.2, 0.25) is 0 Å². The molecule has 3 nitrogen and oxygen atoms in total. The summed E-state index contributed by atoms with van der Waals surface area (Å²) in [5, 5.41) is 0. The number of hydrogen-bond acceptors (Lipinski definition) is 3. The molecule has 2 aromatic carbocycles. The first-order valence-electron chi connectivity index (χ1n) is 6.66. The van der Waals surface area contributed by atoms with Gasteiger partial charge in [0.15, 0.2) is 0 Å². The molecule has 102 valence electrons. The number of para-hydroxylation sites is 1. The van der Waals surface area contributed by atoms with E-state index in [9.17, 15) is 4.79 Å². The van der Waals surface area contributed by atoms with Crippen LogP contribution in [-0.4, -0.2) is 13.4 Å². The average Bonchev–Trinajstić information content (AvgIpc) is 2.54. The van der Waals surface area contributed by atoms with Crippen LogP contribution in [-0.2, 0) is 4.79 Å². The molecule has 0 saturated carbocycles. The second kappa shape index (κ2) is 5.37. The molecule has 0 aromatic heterocycles. The number of carbonyl (C=O) groups is 1. The molecule has 0 fully saturated rings. The molecule has 0 radical (unpaired) electrons. The second-order valence-corrected chi connectivity index (χ2v) is 4.90. The summed E-state index contributed by atoms with van der Waals surface area (Å²) in [6.45, 7) is 0. The van der Waals surface area contributed by atoms with Crippen molar-refractivity contribution in [2.45, 2.75) is 18.4 Å². The SMILES string of the molecule is COc1ccc(C2CC(C=O)c3ccccc3O2)cc1. The van der Waals surface area contributed by atoms with Gasteiger partial charge in [0, 0.05) is 17.9 Å². The lowest BCUT2D eigenvalue weighted by Crippen LogP contribution is -2.19. The van der Waals surface area contributed by atoms with E-state index < -0.39 is 0 Å². The Balaban J connectivity index is 1.91. The number of rotatable bonds is 3. The summed E-state index contributed by atoms with van der Waals surface area (Å²) in [5.74, 6) is 1.51. The van der Waals surface area contributed by atoms with Crippen molar-refractivity contribution in [2.75, 3.05) is 7.11 Å². The first-order valence-corrected chi connectivity index (χ1v) is 6.66. The van der Waals surface area contributed by atoms with Crippen LogP contribution in [0.3, 0.4) is 0 Å². The van der Waals surface area contributed by atoms with Crippen molar-refractivity contribution in [3.63, 3.8) is 0 Å². The molecule has 20 heavy (non-hydrogen) atoms. The Kier molecular flexibility index (Phi) is 3.42. The number of aldehydes is 1. The van der Waals surface area contributed by atoms with Crippen molar-refractivity contribution in [2.24, 2.45) is 0 Å². The third-order valence-corrected chi connectivity index (χ3v) is 3.71. The van der Waals surface area contributed by atoms with Gasteiger partial charge in [-0.05, 0) is 23.8 Å². The summed E-state index contributed by atoms with van der Waals surface area (Å²) in [6.07, 6.45) is 1.59. The van der Waals surface area contributed by atoms with Crippen molar-refractivity contribution in [3.05, 3.63) is 59.7 Å². The second-order valence-electron chi connectivity index (χ2n) is 4.90. The quantitative estimate of drug-likeness (QED) is 0.799. The lowest BCUT2D eigenvalue weighted by atomic mass is 9.88. The average molecular weight is 268 g/mol. The van der Waals surface area contributed by atoms with Crippen molar-refractivity contribution in [1.29, 1.82) is 0 Å². The maximum absolute atomic E-state index is 11.3. The van der Waals surface area contributed by atoms with Gasteiger partial charge >= 0.3 is 0 Å². The largest absolute Gasteiger partial charge is 0.497 e. The molecule has 1 aliphatic rings. The summed E-state index contributed by atoms with van der Waals surface area (Å²) in [6, 6.07) is 15.5. The van der Waals surface area contributed by atoms with E-state index in [1.54, 1.807) is 7.11 Å². The summed E-state index contributed by atoms with van der Waals surface area (Å²) < 4.78 is 11.2. The normalized spacial score (nSPS) is 20.6. The van der Waals surface area contributed by atoms with Crippen molar-refractivity contribution < 1.29 is 14.3 Å². The fraction of sp³-hybridized carbons (Fsp3) is 0.235. The topological polar surface area (TPSA) is 35.5 Å². The fourth-order valence-electron chi connectivity index (χ4n) is 2.60. The predicted molar refractivity (Wildman–Crippen MR) is 76.2 cm³/mol. The highest BCUT2D eigenvalue weighted by Crippen LogP contribution is 2.41. The van der Waals surface area contributed by atoms with Crippen LogP contribution in [0, 0.1) is 0 Å². The zero-order chi connectivity index (χ0) is 13.9. The molecular weight excluding hydrogens is 252 g/mol. The molecule has 3 heteroatoms. The molecule has 2 aromatic rings. The van der Waals surface area contributed by atoms with E-state index in [-0.39, 0.29) is 12.0 Å². The summed E-state index contributed by atoms with van der Waals surface area (Å²) in [7, 11) is 1.64. The third-order valence-electron chi connectivity index (χ3n) is 3.71. The molecule has 0 bridgehead atoms. The summed E-state index contributed by atoms with van der Waals surface area (Å²) in [4.78, 5) is 11.3. The Morgan fingerprint density at radius 2 is 1.90 bits per heavy atom. The van der Waals surface area contributed by atoms with Crippen LogP contribution in [0.15, 0.2) is 48.5 Å². The number of benzene rings is 2. The van der Waals surface area contributed by atoms with E-state index in [0.29, 0.717) is 6.42 Å². The van der Waals surface area contributed by atoms with Gasteiger partial charge in [-0.2, -0.15) is 0 Å². The Morgan fingerprint density at radius 3 is 2.60 bits per heavy atom. The van der Waals surface area contributed by atoms with E-state index in [1.807, 2.05) is 48.5 Å². The standard InChI is InChI=1S/C17H16O3/c1-19-14-8-6-12(7-9-14)17-10-13(11-18)15-4-2-3-5-16(15)20-17/h2-9,11,13,17H,10H2,1H3. The van der Waals surface area contributed by atoms with Gasteiger partial charge in [-0.15, -0.1) is 0 Å². The Bertz CT molecular complexity index is 604. The molecule has 0 aliphatic carbocycles. The molecular formula is C17H16O3. The molecule has 2 unspecified atom stereocenters. The highest BCUT2D eigenvalue weighted by molar-refractivity contribution is 5.65. The predicted octanol–water partition coefficient (Wildman–Crippen LogP) is 3.50. The van der Waals surface area contributed by atoms with E-state index in [1.165, 1.54) is 0 Å². The fourth-order valence-corrected chi connectivity index (χ4v) is 2.60. The van der Waals surface area contributed by atoms with Gasteiger partial charge in [-0.3, -0.25) is 0 Å². The van der Waals surface area contributed by atoms with E-state index >= 15 is 0 Å². The van der Waals surface area contributed by atoms with Gasteiger partial charge in [0.2, 0.25) is 0 Å². The third kappa shape index (κ3) is 2.27. The van der Waals surface area contributed by atoms with Crippen LogP contribution in [0.25, 0.3) is 0 Å². The Labute approximate surface area is 118 Å². The maximum atomic E-state index is 11.3. The highest BCUT2D eigenvalue weighted by atomic mass is 16.5. The van der Waals surface area contributed by atoms with Crippen LogP contribution >= 0.6 is 0 Å². The van der Waals surface area contributed by atoms with E-state index in [0.717, 1.165) is 28.9 Å². The minimum atomic E-state index is -0.105. The van der Waals surface area contributed by atoms with Gasteiger partial charge in [0.1, 0.15) is 23.9 Å². The van der Waals surface area contributed by atoms with E-state index in [2.05, 4.69) is 0 Å². The first kappa shape index (κ1) is 12.7. The van der Waals surface area contributed by atoms with Gasteiger partial charge in [-0.1, -0.05) is 30.3 Å². The molecule has 0 spiro atoms. The van der Waals surface area contributed by atoms with Gasteiger partial charge in [0.05, 0.1) is 7.11 Å². The molecule has 0 saturated heterocycles. The molecule has 0 N–H and O–H groups in total. The van der Waals surface area contributed by atoms with Crippen molar-refractivity contribution >= 4 is 6.29 Å². The summed E-state index contributed by atoms with van der Waals surface area (Å²) >= 11 is 0. The Hall–Kier alpha value is -2.29. The van der Waals surface area contributed by atoms with Crippen LogP contribution < -0.4 is 9.47 Å². The van der Waals surface area contributed by atoms with Gasteiger partial charge in [-0.25, -0.2) is 0 Å². The first-order chi connectivity index (χ1) is 9.81. The minimum Gasteiger partial charge on any atom is -0.497 e. The van der Waals surface area contributed by atoms with Gasteiger partial charge in [0.25, 0.3) is 0 Å². The van der Waals surface area contributed by atoms with E-state index in [4.69, 9.17) is 9.47 Å². The number of methoxy groups -OCH3 is 1. The van der Waals surface area contributed by atoms with Crippen molar-refractivity contribution in [3.8, 4) is 11.5 Å². The Morgan fingerprint density at radius 1 is 1.15 bits per heavy atom. The van der Waals surface area contributed by atoms with Crippen LogP contribution in [0.5, 0.6) is 11.5 Å². The monoisotopic (exact) mass is 268 g/mol. The number of fused-ring (bicyclic) bond motifs is 1. The molecule has 2 atom stereocenters. The summed E-state index contributed by atoms with van der Waals surface area (Å²) in [5.41, 5.74) is 2.04.